The zero-order chi connectivity index (χ0) is 16.1. The second-order valence-corrected chi connectivity index (χ2v) is 7.00. The van der Waals surface area contributed by atoms with Crippen LogP contribution >= 0.6 is 0 Å². The lowest BCUT2D eigenvalue weighted by molar-refractivity contribution is -0.133. The molecule has 1 amide bonds. The van der Waals surface area contributed by atoms with E-state index in [4.69, 9.17) is 5.73 Å². The normalized spacial score (nSPS) is 20.2. The third-order valence-corrected chi connectivity index (χ3v) is 4.83. The number of rotatable bonds is 5. The van der Waals surface area contributed by atoms with E-state index >= 15 is 0 Å². The molecule has 1 aromatic carbocycles. The molecule has 3 heteroatoms. The van der Waals surface area contributed by atoms with Crippen LogP contribution in [0.3, 0.4) is 0 Å². The largest absolute Gasteiger partial charge is 0.342 e. The molecular formula is C19H30N2O. The van der Waals surface area contributed by atoms with E-state index in [2.05, 4.69) is 45.0 Å². The van der Waals surface area contributed by atoms with E-state index in [1.54, 1.807) is 0 Å². The Hall–Kier alpha value is -1.35. The van der Waals surface area contributed by atoms with Crippen LogP contribution in [0.4, 0.5) is 0 Å². The van der Waals surface area contributed by atoms with Crippen LogP contribution in [0.2, 0.25) is 0 Å². The van der Waals surface area contributed by atoms with Crippen molar-refractivity contribution in [3.05, 3.63) is 35.4 Å². The van der Waals surface area contributed by atoms with Gasteiger partial charge in [0.25, 0.3) is 0 Å². The van der Waals surface area contributed by atoms with E-state index in [1.165, 1.54) is 11.1 Å². The summed E-state index contributed by atoms with van der Waals surface area (Å²) in [5.41, 5.74) is 8.60. The average molecular weight is 302 g/mol. The topological polar surface area (TPSA) is 46.3 Å². The Balaban J connectivity index is 1.84. The van der Waals surface area contributed by atoms with Crippen molar-refractivity contribution in [2.24, 2.45) is 11.7 Å². The van der Waals surface area contributed by atoms with E-state index in [0.717, 1.165) is 32.4 Å². The van der Waals surface area contributed by atoms with Gasteiger partial charge in [-0.25, -0.2) is 0 Å². The molecule has 2 atom stereocenters. The highest BCUT2D eigenvalue weighted by atomic mass is 16.2. The molecular weight excluding hydrogens is 272 g/mol. The van der Waals surface area contributed by atoms with Gasteiger partial charge >= 0.3 is 0 Å². The minimum Gasteiger partial charge on any atom is -0.342 e. The summed E-state index contributed by atoms with van der Waals surface area (Å²) in [5.74, 6) is 1.29. The smallest absolute Gasteiger partial charge is 0.222 e. The molecule has 1 aromatic rings. The highest BCUT2D eigenvalue weighted by molar-refractivity contribution is 5.76. The number of hydrogen-bond donors (Lipinski definition) is 1. The van der Waals surface area contributed by atoms with Crippen molar-refractivity contribution >= 4 is 5.91 Å². The molecule has 3 nitrogen and oxygen atoms in total. The number of likely N-dealkylation sites (tertiary alicyclic amines) is 1. The number of nitrogens with zero attached hydrogens (tertiary/aromatic N) is 1. The first-order valence-electron chi connectivity index (χ1n) is 8.59. The predicted octanol–water partition coefficient (Wildman–Crippen LogP) is 3.33. The Morgan fingerprint density at radius 3 is 2.55 bits per heavy atom. The Morgan fingerprint density at radius 1 is 1.27 bits per heavy atom. The molecule has 1 saturated heterocycles. The van der Waals surface area contributed by atoms with Crippen molar-refractivity contribution in [3.63, 3.8) is 0 Å². The molecule has 1 aliphatic heterocycles. The summed E-state index contributed by atoms with van der Waals surface area (Å²) in [5, 5.41) is 0. The molecule has 0 bridgehead atoms. The first-order chi connectivity index (χ1) is 10.5. The van der Waals surface area contributed by atoms with Gasteiger partial charge < -0.3 is 10.6 Å². The van der Waals surface area contributed by atoms with Crippen molar-refractivity contribution in [2.45, 2.75) is 58.4 Å². The van der Waals surface area contributed by atoms with Crippen LogP contribution in [-0.4, -0.2) is 29.9 Å². The van der Waals surface area contributed by atoms with Crippen LogP contribution < -0.4 is 5.73 Å². The van der Waals surface area contributed by atoms with Crippen LogP contribution in [0.1, 0.15) is 57.1 Å². The summed E-state index contributed by atoms with van der Waals surface area (Å²) in [6.07, 6.45) is 3.67. The van der Waals surface area contributed by atoms with E-state index in [-0.39, 0.29) is 11.9 Å². The van der Waals surface area contributed by atoms with Crippen LogP contribution in [0.5, 0.6) is 0 Å². The van der Waals surface area contributed by atoms with Gasteiger partial charge in [-0.1, -0.05) is 38.1 Å². The number of amides is 1. The van der Waals surface area contributed by atoms with Gasteiger partial charge in [0.15, 0.2) is 0 Å². The van der Waals surface area contributed by atoms with Crippen molar-refractivity contribution in [3.8, 4) is 0 Å². The molecule has 1 heterocycles. The Labute approximate surface area is 134 Å². The zero-order valence-electron chi connectivity index (χ0n) is 14.2. The van der Waals surface area contributed by atoms with Crippen molar-refractivity contribution in [1.29, 1.82) is 0 Å². The standard InChI is InChI=1S/C19H30N2O/c1-14(2)17-9-6-16(7-10-17)8-11-19(22)21-12-4-5-18(13-21)15(3)20/h6-7,9-10,14-15,18H,4-5,8,11-13,20H2,1-3H3. The summed E-state index contributed by atoms with van der Waals surface area (Å²) in [4.78, 5) is 14.4. The van der Waals surface area contributed by atoms with Gasteiger partial charge in [0.2, 0.25) is 5.91 Å². The van der Waals surface area contributed by atoms with Gasteiger partial charge in [0, 0.05) is 25.6 Å². The summed E-state index contributed by atoms with van der Waals surface area (Å²) >= 11 is 0. The van der Waals surface area contributed by atoms with Gasteiger partial charge in [0.1, 0.15) is 0 Å². The minimum atomic E-state index is 0.180. The first-order valence-corrected chi connectivity index (χ1v) is 8.59. The second kappa shape index (κ2) is 7.77. The third kappa shape index (κ3) is 4.57. The van der Waals surface area contributed by atoms with Crippen molar-refractivity contribution in [1.82, 2.24) is 4.90 Å². The van der Waals surface area contributed by atoms with Gasteiger partial charge in [-0.15, -0.1) is 0 Å². The number of piperidine rings is 1. The molecule has 122 valence electrons. The molecule has 0 saturated carbocycles. The minimum absolute atomic E-state index is 0.180. The maximum Gasteiger partial charge on any atom is 0.222 e. The predicted molar refractivity (Wildman–Crippen MR) is 91.8 cm³/mol. The molecule has 0 aliphatic carbocycles. The fourth-order valence-corrected chi connectivity index (χ4v) is 3.14. The Morgan fingerprint density at radius 2 is 1.95 bits per heavy atom. The SMILES string of the molecule is CC(C)c1ccc(CCC(=O)N2CCCC(C(C)N)C2)cc1. The molecule has 2 rings (SSSR count). The second-order valence-electron chi connectivity index (χ2n) is 7.00. The van der Waals surface area contributed by atoms with Crippen LogP contribution in [0.15, 0.2) is 24.3 Å². The van der Waals surface area contributed by atoms with Crippen molar-refractivity contribution in [2.75, 3.05) is 13.1 Å². The molecule has 22 heavy (non-hydrogen) atoms. The van der Waals surface area contributed by atoms with E-state index in [9.17, 15) is 4.79 Å². The number of hydrogen-bond acceptors (Lipinski definition) is 2. The fourth-order valence-electron chi connectivity index (χ4n) is 3.14. The van der Waals surface area contributed by atoms with Crippen LogP contribution in [0.25, 0.3) is 0 Å². The first kappa shape index (κ1) is 17.0. The van der Waals surface area contributed by atoms with Crippen LogP contribution in [-0.2, 0) is 11.2 Å². The van der Waals surface area contributed by atoms with Gasteiger partial charge in [-0.3, -0.25) is 4.79 Å². The van der Waals surface area contributed by atoms with E-state index < -0.39 is 0 Å². The average Bonchev–Trinajstić information content (AvgIpc) is 2.53. The fraction of sp³-hybridized carbons (Fsp3) is 0.632. The monoisotopic (exact) mass is 302 g/mol. The number of carbonyl (C=O) groups excluding carboxylic acids is 1. The zero-order valence-corrected chi connectivity index (χ0v) is 14.2. The summed E-state index contributed by atoms with van der Waals surface area (Å²) in [7, 11) is 0. The maximum absolute atomic E-state index is 12.4. The summed E-state index contributed by atoms with van der Waals surface area (Å²) < 4.78 is 0. The van der Waals surface area contributed by atoms with E-state index in [0.29, 0.717) is 18.3 Å². The maximum atomic E-state index is 12.4. The Bertz CT molecular complexity index is 479. The number of aryl methyl sites for hydroxylation is 1. The number of benzene rings is 1. The summed E-state index contributed by atoms with van der Waals surface area (Å²) in [6, 6.07) is 8.85. The number of carbonyl (C=O) groups is 1. The molecule has 0 aromatic heterocycles. The molecule has 1 aliphatic rings. The van der Waals surface area contributed by atoms with Crippen molar-refractivity contribution < 1.29 is 4.79 Å². The van der Waals surface area contributed by atoms with Gasteiger partial charge in [-0.2, -0.15) is 0 Å². The molecule has 2 unspecified atom stereocenters. The molecule has 0 spiro atoms. The molecule has 1 fully saturated rings. The quantitative estimate of drug-likeness (QED) is 0.907. The Kier molecular flexibility index (Phi) is 6.01. The highest BCUT2D eigenvalue weighted by Crippen LogP contribution is 2.20. The highest BCUT2D eigenvalue weighted by Gasteiger charge is 2.25. The van der Waals surface area contributed by atoms with E-state index in [1.807, 2.05) is 4.90 Å². The van der Waals surface area contributed by atoms with Gasteiger partial charge in [-0.05, 0) is 49.1 Å². The van der Waals surface area contributed by atoms with Gasteiger partial charge in [0.05, 0.1) is 0 Å². The third-order valence-electron chi connectivity index (χ3n) is 4.83. The van der Waals surface area contributed by atoms with Crippen LogP contribution in [0, 0.1) is 5.92 Å². The summed E-state index contributed by atoms with van der Waals surface area (Å²) in [6.45, 7) is 8.18. The molecule has 2 N–H and O–H groups in total. The lowest BCUT2D eigenvalue weighted by Gasteiger charge is -2.34. The lowest BCUT2D eigenvalue weighted by atomic mass is 9.92. The lowest BCUT2D eigenvalue weighted by Crippen LogP contribution is -2.45. The number of nitrogens with two attached hydrogens (primary N) is 1. The molecule has 0 radical (unpaired) electrons.